The Morgan fingerprint density at radius 2 is 1.64 bits per heavy atom. The number of nitrogens with one attached hydrogen (secondary N) is 1. The number of hydrogen-bond donors (Lipinski definition) is 1. The Labute approximate surface area is 132 Å². The van der Waals surface area contributed by atoms with Crippen LogP contribution in [-0.4, -0.2) is 15.8 Å². The number of nitro groups is 2. The number of anilines is 1. The molecule has 2 aromatic rings. The summed E-state index contributed by atoms with van der Waals surface area (Å²) in [4.78, 5) is 32.4. The first-order chi connectivity index (χ1) is 10.4. The predicted molar refractivity (Wildman–Crippen MR) is 81.8 cm³/mol. The third-order valence-corrected chi connectivity index (χ3v) is 3.24. The number of carbonyl (C=O) groups is 1. The van der Waals surface area contributed by atoms with Crippen molar-refractivity contribution in [1.82, 2.24) is 0 Å². The van der Waals surface area contributed by atoms with Gasteiger partial charge >= 0.3 is 0 Å². The molecule has 8 nitrogen and oxygen atoms in total. The minimum Gasteiger partial charge on any atom is -0.316 e. The van der Waals surface area contributed by atoms with Gasteiger partial charge in [0.2, 0.25) is 0 Å². The maximum Gasteiger partial charge on any atom is 0.293 e. The van der Waals surface area contributed by atoms with E-state index < -0.39 is 15.8 Å². The van der Waals surface area contributed by atoms with Crippen LogP contribution in [-0.2, 0) is 0 Å². The number of hydrogen-bond acceptors (Lipinski definition) is 5. The van der Waals surface area contributed by atoms with E-state index in [9.17, 15) is 25.0 Å². The summed E-state index contributed by atoms with van der Waals surface area (Å²) in [7, 11) is 0. The zero-order valence-electron chi connectivity index (χ0n) is 10.9. The Morgan fingerprint density at radius 1 is 1.00 bits per heavy atom. The summed E-state index contributed by atoms with van der Waals surface area (Å²) in [6, 6.07) is 9.14. The molecule has 1 amide bonds. The van der Waals surface area contributed by atoms with Crippen molar-refractivity contribution in [1.29, 1.82) is 0 Å². The number of nitro benzene ring substituents is 2. The van der Waals surface area contributed by atoms with E-state index in [-0.39, 0.29) is 22.6 Å². The van der Waals surface area contributed by atoms with E-state index in [1.165, 1.54) is 36.4 Å². The summed E-state index contributed by atoms with van der Waals surface area (Å²) in [5, 5.41) is 23.9. The molecule has 0 radical (unpaired) electrons. The molecule has 9 heteroatoms. The molecule has 0 aliphatic heterocycles. The summed E-state index contributed by atoms with van der Waals surface area (Å²) < 4.78 is 0.507. The van der Waals surface area contributed by atoms with Gasteiger partial charge in [0.15, 0.2) is 0 Å². The van der Waals surface area contributed by atoms with E-state index in [2.05, 4.69) is 21.2 Å². The number of non-ortho nitro benzene ring substituents is 1. The lowest BCUT2D eigenvalue weighted by Crippen LogP contribution is -2.13. The molecule has 1 N–H and O–H groups in total. The van der Waals surface area contributed by atoms with Gasteiger partial charge in [-0.3, -0.25) is 25.0 Å². The van der Waals surface area contributed by atoms with Crippen LogP contribution in [0.3, 0.4) is 0 Å². The van der Waals surface area contributed by atoms with Gasteiger partial charge in [0.1, 0.15) is 5.69 Å². The molecule has 0 spiro atoms. The van der Waals surface area contributed by atoms with Crippen LogP contribution in [0, 0.1) is 20.2 Å². The normalized spacial score (nSPS) is 10.0. The van der Waals surface area contributed by atoms with E-state index in [1.54, 1.807) is 6.07 Å². The minimum absolute atomic E-state index is 0.0385. The highest BCUT2D eigenvalue weighted by molar-refractivity contribution is 9.10. The Balaban J connectivity index is 2.25. The lowest BCUT2D eigenvalue weighted by molar-refractivity contribution is -0.384. The molecular weight excluding hydrogens is 358 g/mol. The van der Waals surface area contributed by atoms with Crippen LogP contribution in [0.4, 0.5) is 17.1 Å². The maximum absolute atomic E-state index is 12.0. The van der Waals surface area contributed by atoms with Crippen LogP contribution >= 0.6 is 15.9 Å². The molecule has 22 heavy (non-hydrogen) atoms. The highest BCUT2D eigenvalue weighted by Crippen LogP contribution is 2.28. The molecule has 0 saturated carbocycles. The zero-order valence-corrected chi connectivity index (χ0v) is 12.4. The lowest BCUT2D eigenvalue weighted by Gasteiger charge is -2.06. The Hall–Kier alpha value is -2.81. The maximum atomic E-state index is 12.0. The average Bonchev–Trinajstić information content (AvgIpc) is 2.48. The number of halogens is 1. The van der Waals surface area contributed by atoms with Crippen LogP contribution in [0.5, 0.6) is 0 Å². The fourth-order valence-electron chi connectivity index (χ4n) is 1.69. The largest absolute Gasteiger partial charge is 0.316 e. The topological polar surface area (TPSA) is 115 Å². The molecule has 2 aromatic carbocycles. The molecule has 0 bridgehead atoms. The van der Waals surface area contributed by atoms with Crippen molar-refractivity contribution >= 4 is 38.9 Å². The predicted octanol–water partition coefficient (Wildman–Crippen LogP) is 3.52. The Morgan fingerprint density at radius 3 is 2.18 bits per heavy atom. The van der Waals surface area contributed by atoms with Crippen LogP contribution in [0.15, 0.2) is 46.9 Å². The van der Waals surface area contributed by atoms with Crippen molar-refractivity contribution in [2.75, 3.05) is 5.32 Å². The summed E-state index contributed by atoms with van der Waals surface area (Å²) in [5.41, 5.74) is -0.213. The number of amides is 1. The molecule has 0 aliphatic carbocycles. The fourth-order valence-corrected chi connectivity index (χ4v) is 2.04. The number of carbonyl (C=O) groups excluding carboxylic acids is 1. The van der Waals surface area contributed by atoms with Crippen molar-refractivity contribution in [3.63, 3.8) is 0 Å². The number of nitrogens with zero attached hydrogens (tertiary/aromatic N) is 2. The van der Waals surface area contributed by atoms with Gasteiger partial charge in [-0.15, -0.1) is 0 Å². The molecule has 0 unspecified atom stereocenters. The molecule has 0 fully saturated rings. The standard InChI is InChI=1S/C13H8BrN3O5/c14-9-3-6-11(12(7-9)17(21)22)15-13(18)8-1-4-10(5-2-8)16(19)20/h1-7H,(H,15,18). The van der Waals surface area contributed by atoms with Crippen LogP contribution in [0.2, 0.25) is 0 Å². The number of rotatable bonds is 4. The monoisotopic (exact) mass is 365 g/mol. The molecule has 0 heterocycles. The molecule has 112 valence electrons. The SMILES string of the molecule is O=C(Nc1ccc(Br)cc1[N+](=O)[O-])c1ccc([N+](=O)[O-])cc1. The van der Waals surface area contributed by atoms with E-state index >= 15 is 0 Å². The van der Waals surface area contributed by atoms with Crippen molar-refractivity contribution in [3.8, 4) is 0 Å². The Bertz CT molecular complexity index is 761. The van der Waals surface area contributed by atoms with Crippen LogP contribution in [0.25, 0.3) is 0 Å². The third-order valence-electron chi connectivity index (χ3n) is 2.74. The lowest BCUT2D eigenvalue weighted by atomic mass is 10.2. The second-order valence-corrected chi connectivity index (χ2v) is 5.09. The van der Waals surface area contributed by atoms with Crippen LogP contribution < -0.4 is 5.32 Å². The quantitative estimate of drug-likeness (QED) is 0.657. The van der Waals surface area contributed by atoms with Gasteiger partial charge in [0.25, 0.3) is 17.3 Å². The average molecular weight is 366 g/mol. The molecular formula is C13H8BrN3O5. The molecule has 0 aliphatic rings. The second-order valence-electron chi connectivity index (χ2n) is 4.18. The van der Waals surface area contributed by atoms with E-state index in [4.69, 9.17) is 0 Å². The first-order valence-corrected chi connectivity index (χ1v) is 6.67. The fraction of sp³-hybridized carbons (Fsp3) is 0. The van der Waals surface area contributed by atoms with E-state index in [1.807, 2.05) is 0 Å². The van der Waals surface area contributed by atoms with Gasteiger partial charge in [0.05, 0.1) is 9.85 Å². The van der Waals surface area contributed by atoms with Crippen LogP contribution in [0.1, 0.15) is 10.4 Å². The van der Waals surface area contributed by atoms with Crippen molar-refractivity contribution < 1.29 is 14.6 Å². The molecule has 0 aromatic heterocycles. The Kier molecular flexibility index (Phi) is 4.47. The molecule has 2 rings (SSSR count). The second kappa shape index (κ2) is 6.31. The smallest absolute Gasteiger partial charge is 0.293 e. The highest BCUT2D eigenvalue weighted by atomic mass is 79.9. The van der Waals surface area contributed by atoms with Gasteiger partial charge in [-0.1, -0.05) is 15.9 Å². The van der Waals surface area contributed by atoms with Crippen molar-refractivity contribution in [2.24, 2.45) is 0 Å². The first kappa shape index (κ1) is 15.6. The van der Waals surface area contributed by atoms with Gasteiger partial charge < -0.3 is 5.32 Å². The van der Waals surface area contributed by atoms with Crippen molar-refractivity contribution in [2.45, 2.75) is 0 Å². The summed E-state index contributed by atoms with van der Waals surface area (Å²) in [6.07, 6.45) is 0. The van der Waals surface area contributed by atoms with Gasteiger partial charge in [-0.2, -0.15) is 0 Å². The van der Waals surface area contributed by atoms with E-state index in [0.717, 1.165) is 0 Å². The summed E-state index contributed by atoms with van der Waals surface area (Å²) in [6.45, 7) is 0. The first-order valence-electron chi connectivity index (χ1n) is 5.88. The summed E-state index contributed by atoms with van der Waals surface area (Å²) >= 11 is 3.12. The summed E-state index contributed by atoms with van der Waals surface area (Å²) in [5.74, 6) is -0.597. The molecule has 0 atom stereocenters. The van der Waals surface area contributed by atoms with Gasteiger partial charge in [0, 0.05) is 28.2 Å². The number of benzene rings is 2. The highest BCUT2D eigenvalue weighted by Gasteiger charge is 2.17. The van der Waals surface area contributed by atoms with E-state index in [0.29, 0.717) is 4.47 Å². The van der Waals surface area contributed by atoms with Gasteiger partial charge in [-0.05, 0) is 24.3 Å². The minimum atomic E-state index is -0.615. The zero-order chi connectivity index (χ0) is 16.3. The van der Waals surface area contributed by atoms with Gasteiger partial charge in [-0.25, -0.2) is 0 Å². The molecule has 0 saturated heterocycles. The third kappa shape index (κ3) is 3.44. The van der Waals surface area contributed by atoms with Crippen molar-refractivity contribution in [3.05, 3.63) is 72.7 Å².